The normalized spacial score (nSPS) is 11.9. The molecule has 1 aromatic rings. The van der Waals surface area contributed by atoms with Crippen LogP contribution in [-0.4, -0.2) is 34.0 Å². The molecule has 7 heteroatoms. The highest BCUT2D eigenvalue weighted by atomic mass is 35.5. The Morgan fingerprint density at radius 3 is 2.45 bits per heavy atom. The van der Waals surface area contributed by atoms with E-state index in [4.69, 9.17) is 27.5 Å². The topological polar surface area (TPSA) is 118 Å². The number of Topliss-reactive ketones (excluding diaryl/α,β-unsaturated/α-hetero) is 1. The number of carbonyl (C=O) groups excluding carboxylic acids is 1. The second-order valence-corrected chi connectivity index (χ2v) is 4.72. The van der Waals surface area contributed by atoms with Crippen LogP contribution in [0.1, 0.15) is 28.8 Å². The van der Waals surface area contributed by atoms with E-state index in [2.05, 4.69) is 0 Å². The first-order chi connectivity index (χ1) is 9.31. The molecular weight excluding hydrogens is 286 g/mol. The second kappa shape index (κ2) is 7.02. The van der Waals surface area contributed by atoms with Crippen LogP contribution >= 0.6 is 11.6 Å². The first kappa shape index (κ1) is 16.1. The molecular formula is C13H14ClNO5. The van der Waals surface area contributed by atoms with Crippen molar-refractivity contribution in [1.82, 2.24) is 0 Å². The average Bonchev–Trinajstić information content (AvgIpc) is 2.38. The van der Waals surface area contributed by atoms with Crippen LogP contribution < -0.4 is 5.73 Å². The Morgan fingerprint density at radius 1 is 1.25 bits per heavy atom. The monoisotopic (exact) mass is 299 g/mol. The predicted octanol–water partition coefficient (Wildman–Crippen LogP) is 1.34. The van der Waals surface area contributed by atoms with Gasteiger partial charge in [-0.3, -0.25) is 9.59 Å². The Labute approximate surface area is 120 Å². The van der Waals surface area contributed by atoms with Gasteiger partial charge >= 0.3 is 11.9 Å². The van der Waals surface area contributed by atoms with Gasteiger partial charge in [-0.1, -0.05) is 11.6 Å². The number of rotatable bonds is 7. The molecule has 20 heavy (non-hydrogen) atoms. The zero-order chi connectivity index (χ0) is 15.3. The van der Waals surface area contributed by atoms with Crippen molar-refractivity contribution in [2.45, 2.75) is 25.3 Å². The molecule has 0 aliphatic carbocycles. The minimum atomic E-state index is -1.16. The van der Waals surface area contributed by atoms with Crippen LogP contribution in [0.2, 0.25) is 5.02 Å². The highest BCUT2D eigenvalue weighted by Gasteiger charge is 2.15. The summed E-state index contributed by atoms with van der Waals surface area (Å²) < 4.78 is 0. The van der Waals surface area contributed by atoms with Crippen molar-refractivity contribution >= 4 is 29.3 Å². The fourth-order valence-electron chi connectivity index (χ4n) is 1.58. The molecule has 108 valence electrons. The Morgan fingerprint density at radius 2 is 1.90 bits per heavy atom. The van der Waals surface area contributed by atoms with Crippen LogP contribution in [0.25, 0.3) is 0 Å². The summed E-state index contributed by atoms with van der Waals surface area (Å²) in [6.45, 7) is 0. The van der Waals surface area contributed by atoms with Crippen molar-refractivity contribution < 1.29 is 24.6 Å². The first-order valence-corrected chi connectivity index (χ1v) is 6.21. The summed E-state index contributed by atoms with van der Waals surface area (Å²) in [5, 5.41) is 17.8. The number of carbonyl (C=O) groups is 3. The van der Waals surface area contributed by atoms with E-state index in [1.807, 2.05) is 0 Å². The lowest BCUT2D eigenvalue weighted by Gasteiger charge is -2.07. The van der Waals surface area contributed by atoms with Gasteiger partial charge in [-0.15, -0.1) is 0 Å². The van der Waals surface area contributed by atoms with Gasteiger partial charge in [0.05, 0.1) is 5.56 Å². The van der Waals surface area contributed by atoms with Gasteiger partial charge in [-0.05, 0) is 30.2 Å². The summed E-state index contributed by atoms with van der Waals surface area (Å²) in [5.41, 5.74) is 5.74. The fraction of sp³-hybridized carbons (Fsp3) is 0.308. The van der Waals surface area contributed by atoms with Crippen LogP contribution in [0.5, 0.6) is 0 Å². The number of carboxylic acids is 2. The van der Waals surface area contributed by atoms with E-state index < -0.39 is 18.0 Å². The number of benzene rings is 1. The lowest BCUT2D eigenvalue weighted by atomic mass is 10.0. The maximum atomic E-state index is 11.7. The van der Waals surface area contributed by atoms with E-state index in [0.29, 0.717) is 10.6 Å². The fourth-order valence-corrected chi connectivity index (χ4v) is 1.77. The Kier molecular flexibility index (Phi) is 5.66. The van der Waals surface area contributed by atoms with Crippen molar-refractivity contribution in [2.24, 2.45) is 5.73 Å². The molecule has 0 radical (unpaired) electrons. The molecule has 0 heterocycles. The van der Waals surface area contributed by atoms with Gasteiger partial charge in [0.15, 0.2) is 0 Å². The molecule has 0 aromatic heterocycles. The van der Waals surface area contributed by atoms with E-state index in [0.717, 1.165) is 0 Å². The summed E-state index contributed by atoms with van der Waals surface area (Å²) >= 11 is 5.89. The van der Waals surface area contributed by atoms with Crippen LogP contribution in [0, 0.1) is 0 Å². The van der Waals surface area contributed by atoms with Crippen molar-refractivity contribution in [2.75, 3.05) is 0 Å². The molecule has 0 saturated heterocycles. The van der Waals surface area contributed by atoms with Crippen LogP contribution in [0.15, 0.2) is 18.2 Å². The van der Waals surface area contributed by atoms with E-state index in [1.165, 1.54) is 18.2 Å². The average molecular weight is 300 g/mol. The molecule has 0 saturated carbocycles. The van der Waals surface area contributed by atoms with Crippen molar-refractivity contribution in [3.63, 3.8) is 0 Å². The van der Waals surface area contributed by atoms with Crippen LogP contribution in [0.3, 0.4) is 0 Å². The van der Waals surface area contributed by atoms with Gasteiger partial charge in [0.1, 0.15) is 11.8 Å². The quantitative estimate of drug-likeness (QED) is 0.699. The van der Waals surface area contributed by atoms with Gasteiger partial charge in [0, 0.05) is 17.9 Å². The van der Waals surface area contributed by atoms with E-state index in [-0.39, 0.29) is 30.6 Å². The number of ketones is 1. The van der Waals surface area contributed by atoms with Gasteiger partial charge in [0.25, 0.3) is 0 Å². The van der Waals surface area contributed by atoms with E-state index in [9.17, 15) is 14.4 Å². The maximum Gasteiger partial charge on any atom is 0.335 e. The number of nitrogens with two attached hydrogens (primary N) is 1. The number of aliphatic carboxylic acids is 1. The molecule has 4 N–H and O–H groups in total. The minimum Gasteiger partial charge on any atom is -0.480 e. The molecule has 0 bridgehead atoms. The third kappa shape index (κ3) is 4.64. The van der Waals surface area contributed by atoms with Gasteiger partial charge in [-0.2, -0.15) is 0 Å². The highest BCUT2D eigenvalue weighted by molar-refractivity contribution is 6.31. The van der Waals surface area contributed by atoms with Crippen molar-refractivity contribution in [1.29, 1.82) is 0 Å². The number of carboxylic acid groups (broad SMARTS) is 2. The smallest absolute Gasteiger partial charge is 0.335 e. The van der Waals surface area contributed by atoms with E-state index in [1.54, 1.807) is 0 Å². The van der Waals surface area contributed by atoms with Gasteiger partial charge < -0.3 is 15.9 Å². The largest absolute Gasteiger partial charge is 0.480 e. The number of hydrogen-bond donors (Lipinski definition) is 3. The number of hydrogen-bond acceptors (Lipinski definition) is 4. The third-order valence-corrected chi connectivity index (χ3v) is 3.10. The number of aromatic carboxylic acids is 1. The molecule has 0 aliphatic rings. The summed E-state index contributed by atoms with van der Waals surface area (Å²) in [6, 6.07) is 3.01. The molecule has 1 aromatic carbocycles. The highest BCUT2D eigenvalue weighted by Crippen LogP contribution is 2.19. The standard InChI is InChI=1S/C13H14ClNO5/c14-10-3-1-7(12(17)18)5-8(10)6-9(16)2-4-11(15)13(19)20/h1,3,5,11H,2,4,6,15H2,(H,17,18)(H,19,20)/t11-/m0/s1. The van der Waals surface area contributed by atoms with Crippen LogP contribution in [-0.2, 0) is 16.0 Å². The number of halogens is 1. The summed E-state index contributed by atoms with van der Waals surface area (Å²) in [5.74, 6) is -2.52. The lowest BCUT2D eigenvalue weighted by Crippen LogP contribution is -2.30. The maximum absolute atomic E-state index is 11.7. The van der Waals surface area contributed by atoms with Gasteiger partial charge in [0.2, 0.25) is 0 Å². The third-order valence-electron chi connectivity index (χ3n) is 2.73. The van der Waals surface area contributed by atoms with Crippen molar-refractivity contribution in [3.8, 4) is 0 Å². The summed E-state index contributed by atoms with van der Waals surface area (Å²) in [4.78, 5) is 33.1. The zero-order valence-electron chi connectivity index (χ0n) is 10.5. The molecule has 1 rings (SSSR count). The van der Waals surface area contributed by atoms with E-state index >= 15 is 0 Å². The molecule has 1 atom stereocenters. The predicted molar refractivity (Wildman–Crippen MR) is 72.0 cm³/mol. The second-order valence-electron chi connectivity index (χ2n) is 4.31. The Balaban J connectivity index is 2.68. The molecule has 0 unspecified atom stereocenters. The molecule has 6 nitrogen and oxygen atoms in total. The van der Waals surface area contributed by atoms with Gasteiger partial charge in [-0.25, -0.2) is 4.79 Å². The lowest BCUT2D eigenvalue weighted by molar-refractivity contribution is -0.138. The van der Waals surface area contributed by atoms with Crippen molar-refractivity contribution in [3.05, 3.63) is 34.3 Å². The summed E-state index contributed by atoms with van der Waals surface area (Å²) in [7, 11) is 0. The minimum absolute atomic E-state index is 0.00109. The van der Waals surface area contributed by atoms with Crippen LogP contribution in [0.4, 0.5) is 0 Å². The zero-order valence-corrected chi connectivity index (χ0v) is 11.3. The molecule has 0 aliphatic heterocycles. The molecule has 0 amide bonds. The first-order valence-electron chi connectivity index (χ1n) is 5.83. The SMILES string of the molecule is N[C@@H](CCC(=O)Cc1cc(C(=O)O)ccc1Cl)C(=O)O. The summed E-state index contributed by atoms with van der Waals surface area (Å²) in [6.07, 6.45) is -0.0161. The Hall–Kier alpha value is -1.92. The molecule has 0 spiro atoms. The Bertz CT molecular complexity index is 544. The molecule has 0 fully saturated rings.